The van der Waals surface area contributed by atoms with E-state index in [2.05, 4.69) is 91.5 Å². The average molecular weight is 339 g/mol. The van der Waals surface area contributed by atoms with E-state index in [-0.39, 0.29) is 5.41 Å². The van der Waals surface area contributed by atoms with Gasteiger partial charge in [0.05, 0.1) is 0 Å². The van der Waals surface area contributed by atoms with E-state index in [4.69, 9.17) is 5.53 Å². The van der Waals surface area contributed by atoms with E-state index in [1.54, 1.807) is 0 Å². The van der Waals surface area contributed by atoms with Crippen LogP contribution in [0.4, 0.5) is 0 Å². The van der Waals surface area contributed by atoms with Crippen LogP contribution in [0.3, 0.4) is 0 Å². The van der Waals surface area contributed by atoms with Crippen LogP contribution in [0.5, 0.6) is 0 Å². The zero-order chi connectivity index (χ0) is 18.3. The highest BCUT2D eigenvalue weighted by Gasteiger charge is 2.39. The number of hydrogen-bond acceptors (Lipinski definition) is 1. The van der Waals surface area contributed by atoms with Gasteiger partial charge in [0.1, 0.15) is 0 Å². The largest absolute Gasteiger partial charge is 0.0927 e. The number of nitrogens with zero attached hydrogens (tertiary/aromatic N) is 3. The van der Waals surface area contributed by atoms with Crippen LogP contribution < -0.4 is 0 Å². The normalized spacial score (nSPS) is 17.3. The van der Waals surface area contributed by atoms with Crippen molar-refractivity contribution in [2.75, 3.05) is 6.54 Å². The molecule has 1 aliphatic rings. The second-order valence-corrected chi connectivity index (χ2v) is 7.40. The highest BCUT2D eigenvalue weighted by molar-refractivity contribution is 5.84. The fraction of sp³-hybridized carbons (Fsp3) is 0.217. The molecule has 1 aliphatic carbocycles. The molecule has 0 saturated heterocycles. The van der Waals surface area contributed by atoms with Crippen LogP contribution in [-0.4, -0.2) is 6.54 Å². The predicted octanol–water partition coefficient (Wildman–Crippen LogP) is 6.57. The van der Waals surface area contributed by atoms with Crippen molar-refractivity contribution in [2.45, 2.75) is 26.2 Å². The van der Waals surface area contributed by atoms with Crippen molar-refractivity contribution in [2.24, 2.45) is 5.11 Å². The van der Waals surface area contributed by atoms with E-state index in [0.29, 0.717) is 6.54 Å². The third-order valence-corrected chi connectivity index (χ3v) is 5.51. The molecule has 3 heteroatoms. The Balaban J connectivity index is 1.92. The summed E-state index contributed by atoms with van der Waals surface area (Å²) >= 11 is 0. The monoisotopic (exact) mass is 339 g/mol. The third-order valence-electron chi connectivity index (χ3n) is 5.51. The number of rotatable bonds is 3. The van der Waals surface area contributed by atoms with Crippen molar-refractivity contribution in [1.82, 2.24) is 0 Å². The molecule has 1 atom stereocenters. The summed E-state index contributed by atoms with van der Waals surface area (Å²) < 4.78 is 0. The molecule has 1 unspecified atom stereocenters. The Kier molecular flexibility index (Phi) is 3.82. The van der Waals surface area contributed by atoms with E-state index in [9.17, 15) is 0 Å². The summed E-state index contributed by atoms with van der Waals surface area (Å²) in [6.45, 7) is 6.81. The Morgan fingerprint density at radius 2 is 1.38 bits per heavy atom. The lowest BCUT2D eigenvalue weighted by atomic mass is 9.79. The maximum atomic E-state index is 8.91. The molecule has 0 aliphatic heterocycles. The number of fused-ring (bicyclic) bond motifs is 3. The molecule has 26 heavy (non-hydrogen) atoms. The van der Waals surface area contributed by atoms with E-state index in [1.807, 2.05) is 0 Å². The quantitative estimate of drug-likeness (QED) is 0.294. The predicted molar refractivity (Wildman–Crippen MR) is 107 cm³/mol. The van der Waals surface area contributed by atoms with Crippen LogP contribution in [0.15, 0.2) is 65.8 Å². The average Bonchev–Trinajstić information content (AvgIpc) is 2.89. The third kappa shape index (κ3) is 2.49. The van der Waals surface area contributed by atoms with Crippen molar-refractivity contribution < 1.29 is 0 Å². The van der Waals surface area contributed by atoms with Gasteiger partial charge in [0.25, 0.3) is 0 Å². The van der Waals surface area contributed by atoms with Gasteiger partial charge in [-0.3, -0.25) is 0 Å². The molecule has 0 radical (unpaired) electrons. The molecule has 128 valence electrons. The molecule has 3 aromatic rings. The minimum Gasteiger partial charge on any atom is -0.0927 e. The minimum absolute atomic E-state index is 0.302. The molecule has 0 N–H and O–H groups in total. The van der Waals surface area contributed by atoms with Gasteiger partial charge in [-0.25, -0.2) is 0 Å². The standard InChI is InChI=1S/C23H21N3/c1-15-4-7-17(8-5-15)18-9-11-20-19-10-6-16(2)12-21(19)23(3,14-25-26-24)22(20)13-18/h4-13H,14H2,1-3H3. The van der Waals surface area contributed by atoms with Crippen molar-refractivity contribution >= 4 is 0 Å². The second kappa shape index (κ2) is 6.05. The number of azide groups is 1. The first-order valence-electron chi connectivity index (χ1n) is 8.87. The maximum absolute atomic E-state index is 8.91. The lowest BCUT2D eigenvalue weighted by molar-refractivity contribution is 0.598. The zero-order valence-corrected chi connectivity index (χ0v) is 15.3. The Bertz CT molecular complexity index is 1040. The van der Waals surface area contributed by atoms with Crippen molar-refractivity contribution in [3.05, 3.63) is 93.4 Å². The maximum Gasteiger partial charge on any atom is 0.0393 e. The summed E-state index contributed by atoms with van der Waals surface area (Å²) in [6, 6.07) is 21.8. The van der Waals surface area contributed by atoms with Crippen LogP contribution >= 0.6 is 0 Å². The molecule has 0 spiro atoms. The highest BCUT2D eigenvalue weighted by Crippen LogP contribution is 2.50. The minimum atomic E-state index is -0.302. The number of aryl methyl sites for hydroxylation is 2. The topological polar surface area (TPSA) is 48.8 Å². The van der Waals surface area contributed by atoms with E-state index in [1.165, 1.54) is 44.5 Å². The molecule has 0 saturated carbocycles. The first-order chi connectivity index (χ1) is 12.5. The van der Waals surface area contributed by atoms with E-state index in [0.717, 1.165) is 0 Å². The van der Waals surface area contributed by atoms with Crippen LogP contribution in [0.1, 0.15) is 29.2 Å². The first-order valence-corrected chi connectivity index (χ1v) is 8.87. The molecule has 0 bridgehead atoms. The fourth-order valence-electron chi connectivity index (χ4n) is 4.00. The van der Waals surface area contributed by atoms with Crippen LogP contribution in [0, 0.1) is 13.8 Å². The smallest absolute Gasteiger partial charge is 0.0393 e. The van der Waals surface area contributed by atoms with Gasteiger partial charge in [0.2, 0.25) is 0 Å². The van der Waals surface area contributed by atoms with Gasteiger partial charge in [-0.15, -0.1) is 0 Å². The van der Waals surface area contributed by atoms with Gasteiger partial charge in [-0.2, -0.15) is 0 Å². The summed E-state index contributed by atoms with van der Waals surface area (Å²) in [6.07, 6.45) is 0. The van der Waals surface area contributed by atoms with Crippen molar-refractivity contribution in [3.63, 3.8) is 0 Å². The van der Waals surface area contributed by atoms with Crippen LogP contribution in [-0.2, 0) is 5.41 Å². The molecular formula is C23H21N3. The summed E-state index contributed by atoms with van der Waals surface area (Å²) in [7, 11) is 0. The van der Waals surface area contributed by atoms with Gasteiger partial charge in [0, 0.05) is 16.9 Å². The molecule has 0 heterocycles. The van der Waals surface area contributed by atoms with Crippen LogP contribution in [0.25, 0.3) is 32.7 Å². The van der Waals surface area contributed by atoms with Gasteiger partial charge in [-0.1, -0.05) is 77.8 Å². The Hall–Kier alpha value is -3.03. The SMILES string of the molecule is Cc1ccc(-c2ccc3c(c2)C(C)(CN=[N+]=[N-])c2cc(C)ccc2-3)cc1. The Morgan fingerprint density at radius 1 is 0.808 bits per heavy atom. The van der Waals surface area contributed by atoms with Gasteiger partial charge in [-0.05, 0) is 58.8 Å². The van der Waals surface area contributed by atoms with E-state index < -0.39 is 0 Å². The molecule has 0 fully saturated rings. The lowest BCUT2D eigenvalue weighted by Crippen LogP contribution is -2.24. The first kappa shape index (κ1) is 16.4. The Morgan fingerprint density at radius 3 is 2.08 bits per heavy atom. The summed E-state index contributed by atoms with van der Waals surface area (Å²) in [5.41, 5.74) is 18.5. The van der Waals surface area contributed by atoms with Crippen molar-refractivity contribution in [1.29, 1.82) is 0 Å². The molecular weight excluding hydrogens is 318 g/mol. The fourth-order valence-corrected chi connectivity index (χ4v) is 4.00. The second-order valence-electron chi connectivity index (χ2n) is 7.40. The lowest BCUT2D eigenvalue weighted by Gasteiger charge is -2.26. The molecule has 4 rings (SSSR count). The highest BCUT2D eigenvalue weighted by atomic mass is 15.1. The van der Waals surface area contributed by atoms with Gasteiger partial charge in [0.15, 0.2) is 0 Å². The summed E-state index contributed by atoms with van der Waals surface area (Å²) in [5, 5.41) is 3.95. The van der Waals surface area contributed by atoms with Gasteiger partial charge < -0.3 is 0 Å². The molecule has 0 amide bonds. The van der Waals surface area contributed by atoms with Crippen molar-refractivity contribution in [3.8, 4) is 22.3 Å². The summed E-state index contributed by atoms with van der Waals surface area (Å²) in [4.78, 5) is 3.03. The molecule has 3 nitrogen and oxygen atoms in total. The Labute approximate surface area is 153 Å². The number of hydrogen-bond donors (Lipinski definition) is 0. The molecule has 3 aromatic carbocycles. The van der Waals surface area contributed by atoms with Gasteiger partial charge >= 0.3 is 0 Å². The molecule has 0 aromatic heterocycles. The number of benzene rings is 3. The summed E-state index contributed by atoms with van der Waals surface area (Å²) in [5.74, 6) is 0. The van der Waals surface area contributed by atoms with E-state index >= 15 is 0 Å². The van der Waals surface area contributed by atoms with Crippen LogP contribution in [0.2, 0.25) is 0 Å². The zero-order valence-electron chi connectivity index (χ0n) is 15.3.